The lowest BCUT2D eigenvalue weighted by atomic mass is 10.2. The minimum absolute atomic E-state index is 0.235. The molecule has 0 aliphatic rings. The molecular formula is C20H16N4O3S3. The van der Waals surface area contributed by atoms with Crippen LogP contribution in [0.3, 0.4) is 0 Å². The van der Waals surface area contributed by atoms with E-state index in [1.54, 1.807) is 48.1 Å². The molecule has 0 bridgehead atoms. The molecule has 1 amide bonds. The molecule has 0 fully saturated rings. The Morgan fingerprint density at radius 1 is 1.00 bits per heavy atom. The normalized spacial score (nSPS) is 11.2. The standard InChI is InChI=1S/C20H16N4O3S3/c25-20(22-12-18-23-17(13-29-18)14-7-9-21-10-8-14)15-3-5-16(6-4-15)24-30(26,27)19-2-1-11-28-19/h1-11,13,24H,12H2,(H,22,25). The molecule has 4 rings (SSSR count). The van der Waals surface area contributed by atoms with Gasteiger partial charge in [0.15, 0.2) is 0 Å². The molecule has 3 aromatic heterocycles. The summed E-state index contributed by atoms with van der Waals surface area (Å²) in [6.45, 7) is 0.307. The Morgan fingerprint density at radius 2 is 1.77 bits per heavy atom. The van der Waals surface area contributed by atoms with Crippen LogP contribution < -0.4 is 10.0 Å². The fraction of sp³-hybridized carbons (Fsp3) is 0.0500. The Morgan fingerprint density at radius 3 is 2.47 bits per heavy atom. The zero-order chi connectivity index (χ0) is 21.0. The zero-order valence-electron chi connectivity index (χ0n) is 15.5. The third-order valence-corrected chi connectivity index (χ3v) is 7.71. The van der Waals surface area contributed by atoms with Crippen molar-refractivity contribution in [3.63, 3.8) is 0 Å². The van der Waals surface area contributed by atoms with Crippen molar-refractivity contribution < 1.29 is 13.2 Å². The van der Waals surface area contributed by atoms with Gasteiger partial charge in [-0.25, -0.2) is 13.4 Å². The van der Waals surface area contributed by atoms with Crippen molar-refractivity contribution in [2.24, 2.45) is 0 Å². The van der Waals surface area contributed by atoms with Gasteiger partial charge < -0.3 is 5.32 Å². The van der Waals surface area contributed by atoms with Gasteiger partial charge in [-0.15, -0.1) is 22.7 Å². The summed E-state index contributed by atoms with van der Waals surface area (Å²) >= 11 is 2.61. The second kappa shape index (κ2) is 8.74. The first kappa shape index (κ1) is 20.2. The van der Waals surface area contributed by atoms with Gasteiger partial charge in [0.05, 0.1) is 12.2 Å². The van der Waals surface area contributed by atoms with E-state index in [-0.39, 0.29) is 10.1 Å². The molecule has 0 aliphatic carbocycles. The molecule has 3 heterocycles. The highest BCUT2D eigenvalue weighted by Crippen LogP contribution is 2.22. The minimum atomic E-state index is -3.61. The molecule has 4 aromatic rings. The van der Waals surface area contributed by atoms with E-state index in [0.717, 1.165) is 27.6 Å². The molecular weight excluding hydrogens is 440 g/mol. The maximum atomic E-state index is 12.4. The Kier molecular flexibility index (Phi) is 5.88. The van der Waals surface area contributed by atoms with Crippen LogP contribution in [0.1, 0.15) is 15.4 Å². The van der Waals surface area contributed by atoms with E-state index in [9.17, 15) is 13.2 Å². The molecule has 0 saturated heterocycles. The van der Waals surface area contributed by atoms with E-state index in [1.165, 1.54) is 17.4 Å². The first-order valence-electron chi connectivity index (χ1n) is 8.81. The number of carbonyl (C=O) groups excluding carboxylic acids is 1. The van der Waals surface area contributed by atoms with Gasteiger partial charge in [-0.1, -0.05) is 6.07 Å². The lowest BCUT2D eigenvalue weighted by Crippen LogP contribution is -2.22. The highest BCUT2D eigenvalue weighted by atomic mass is 32.2. The average molecular weight is 457 g/mol. The number of hydrogen-bond acceptors (Lipinski definition) is 7. The predicted molar refractivity (Wildman–Crippen MR) is 118 cm³/mol. The molecule has 152 valence electrons. The smallest absolute Gasteiger partial charge is 0.271 e. The molecule has 0 radical (unpaired) electrons. The maximum Gasteiger partial charge on any atom is 0.271 e. The molecule has 30 heavy (non-hydrogen) atoms. The van der Waals surface area contributed by atoms with Crippen molar-refractivity contribution in [2.45, 2.75) is 10.8 Å². The summed E-state index contributed by atoms with van der Waals surface area (Å²) in [4.78, 5) is 20.9. The number of carbonyl (C=O) groups is 1. The van der Waals surface area contributed by atoms with Crippen LogP contribution in [0.15, 0.2) is 75.9 Å². The lowest BCUT2D eigenvalue weighted by molar-refractivity contribution is 0.0951. The number of anilines is 1. The summed E-state index contributed by atoms with van der Waals surface area (Å²) in [6, 6.07) is 13.2. The fourth-order valence-corrected chi connectivity index (χ4v) is 5.41. The van der Waals surface area contributed by atoms with Crippen LogP contribution in [0.25, 0.3) is 11.3 Å². The fourth-order valence-electron chi connectivity index (χ4n) is 2.62. The topological polar surface area (TPSA) is 101 Å². The molecule has 0 unspecified atom stereocenters. The van der Waals surface area contributed by atoms with Crippen molar-refractivity contribution >= 4 is 44.3 Å². The molecule has 0 aliphatic heterocycles. The van der Waals surface area contributed by atoms with Gasteiger partial charge in [0.2, 0.25) is 0 Å². The third-order valence-electron chi connectivity index (χ3n) is 4.09. The van der Waals surface area contributed by atoms with E-state index in [2.05, 4.69) is 20.0 Å². The largest absolute Gasteiger partial charge is 0.346 e. The van der Waals surface area contributed by atoms with E-state index in [0.29, 0.717) is 17.8 Å². The van der Waals surface area contributed by atoms with E-state index < -0.39 is 10.0 Å². The Labute approximate surface area is 181 Å². The van der Waals surface area contributed by atoms with Crippen molar-refractivity contribution in [3.8, 4) is 11.3 Å². The number of nitrogens with zero attached hydrogens (tertiary/aromatic N) is 2. The van der Waals surface area contributed by atoms with Crippen molar-refractivity contribution in [1.82, 2.24) is 15.3 Å². The number of rotatable bonds is 7. The molecule has 0 atom stereocenters. The molecule has 0 spiro atoms. The van der Waals surface area contributed by atoms with Crippen LogP contribution >= 0.6 is 22.7 Å². The number of amides is 1. The van der Waals surface area contributed by atoms with Crippen LogP contribution in [0.5, 0.6) is 0 Å². The average Bonchev–Trinajstić information content (AvgIpc) is 3.46. The number of aromatic nitrogens is 2. The summed E-state index contributed by atoms with van der Waals surface area (Å²) in [5.41, 5.74) is 2.63. The second-order valence-electron chi connectivity index (χ2n) is 6.16. The minimum Gasteiger partial charge on any atom is -0.346 e. The molecule has 7 nitrogen and oxygen atoms in total. The van der Waals surface area contributed by atoms with Gasteiger partial charge in [0, 0.05) is 34.6 Å². The summed E-state index contributed by atoms with van der Waals surface area (Å²) in [7, 11) is -3.61. The van der Waals surface area contributed by atoms with Crippen LogP contribution in [0.2, 0.25) is 0 Å². The number of nitrogens with one attached hydrogen (secondary N) is 2. The summed E-state index contributed by atoms with van der Waals surface area (Å²) in [5.74, 6) is -0.261. The number of benzene rings is 1. The molecule has 1 aromatic carbocycles. The van der Waals surface area contributed by atoms with Crippen LogP contribution in [-0.4, -0.2) is 24.3 Å². The van der Waals surface area contributed by atoms with Gasteiger partial charge in [-0.2, -0.15) is 0 Å². The van der Waals surface area contributed by atoms with Crippen LogP contribution in [0, 0.1) is 0 Å². The van der Waals surface area contributed by atoms with Crippen molar-refractivity contribution in [3.05, 3.63) is 82.3 Å². The predicted octanol–water partition coefficient (Wildman–Crippen LogP) is 4.00. The summed E-state index contributed by atoms with van der Waals surface area (Å²) < 4.78 is 27.2. The maximum absolute atomic E-state index is 12.4. The Hall–Kier alpha value is -3.08. The van der Waals surface area contributed by atoms with E-state index in [4.69, 9.17) is 0 Å². The van der Waals surface area contributed by atoms with Gasteiger partial charge in [-0.3, -0.25) is 14.5 Å². The van der Waals surface area contributed by atoms with Crippen LogP contribution in [-0.2, 0) is 16.6 Å². The van der Waals surface area contributed by atoms with E-state index in [1.807, 2.05) is 17.5 Å². The molecule has 0 saturated carbocycles. The zero-order valence-corrected chi connectivity index (χ0v) is 17.9. The Bertz CT molecular complexity index is 1240. The monoisotopic (exact) mass is 456 g/mol. The number of thiazole rings is 1. The summed E-state index contributed by atoms with van der Waals surface area (Å²) in [5, 5.41) is 7.25. The third kappa shape index (κ3) is 4.73. The highest BCUT2D eigenvalue weighted by Gasteiger charge is 2.15. The first-order chi connectivity index (χ1) is 14.5. The van der Waals surface area contributed by atoms with Crippen molar-refractivity contribution in [2.75, 3.05) is 4.72 Å². The number of thiophene rings is 1. The first-order valence-corrected chi connectivity index (χ1v) is 12.0. The lowest BCUT2D eigenvalue weighted by Gasteiger charge is -2.07. The number of pyridine rings is 1. The van der Waals surface area contributed by atoms with Crippen LogP contribution in [0.4, 0.5) is 5.69 Å². The van der Waals surface area contributed by atoms with E-state index >= 15 is 0 Å². The number of sulfonamides is 1. The Balaban J connectivity index is 1.36. The number of hydrogen-bond donors (Lipinski definition) is 2. The van der Waals surface area contributed by atoms with Gasteiger partial charge in [0.25, 0.3) is 15.9 Å². The van der Waals surface area contributed by atoms with Gasteiger partial charge in [0.1, 0.15) is 9.22 Å². The quantitative estimate of drug-likeness (QED) is 0.438. The summed E-state index contributed by atoms with van der Waals surface area (Å²) in [6.07, 6.45) is 3.42. The highest BCUT2D eigenvalue weighted by molar-refractivity contribution is 7.94. The van der Waals surface area contributed by atoms with Gasteiger partial charge in [-0.05, 0) is 47.8 Å². The molecule has 10 heteroatoms. The van der Waals surface area contributed by atoms with Crippen molar-refractivity contribution in [1.29, 1.82) is 0 Å². The SMILES string of the molecule is O=C(NCc1nc(-c2ccncc2)cs1)c1ccc(NS(=O)(=O)c2cccs2)cc1. The second-order valence-corrected chi connectivity index (χ2v) is 9.96. The van der Waals surface area contributed by atoms with Gasteiger partial charge >= 0.3 is 0 Å². The molecule has 2 N–H and O–H groups in total.